The van der Waals surface area contributed by atoms with E-state index in [0.717, 1.165) is 6.54 Å². The summed E-state index contributed by atoms with van der Waals surface area (Å²) < 4.78 is 18.1. The minimum atomic E-state index is -0.596. The molecule has 1 aromatic heterocycles. The zero-order valence-corrected chi connectivity index (χ0v) is 19.4. The number of esters is 1. The molecule has 0 aliphatic carbocycles. The molecule has 8 nitrogen and oxygen atoms in total. The van der Waals surface area contributed by atoms with Gasteiger partial charge in [-0.05, 0) is 54.5 Å². The number of nitrogens with zero attached hydrogens (tertiary/aromatic N) is 3. The molecule has 0 radical (unpaired) electrons. The van der Waals surface area contributed by atoms with Gasteiger partial charge < -0.3 is 23.7 Å². The highest BCUT2D eigenvalue weighted by Gasteiger charge is 2.32. The lowest BCUT2D eigenvalue weighted by Gasteiger charge is -2.24. The minimum absolute atomic E-state index is 0.0361. The molecule has 8 heteroatoms. The third-order valence-corrected chi connectivity index (χ3v) is 3.77. The summed E-state index contributed by atoms with van der Waals surface area (Å²) in [6, 6.07) is 0. The molecule has 2 rings (SSSR count). The third kappa shape index (κ3) is 10.3. The smallest absolute Gasteiger partial charge is 0.410 e. The average Bonchev–Trinajstić information content (AvgIpc) is 3.24. The van der Waals surface area contributed by atoms with Crippen LogP contribution in [0, 0.1) is 0 Å². The zero-order chi connectivity index (χ0) is 22.9. The Bertz CT molecular complexity index is 687. The van der Waals surface area contributed by atoms with Crippen LogP contribution in [0.3, 0.4) is 0 Å². The molecule has 1 atom stereocenters. The topological polar surface area (TPSA) is 82.9 Å². The summed E-state index contributed by atoms with van der Waals surface area (Å²) in [5.74, 6) is -0.616. The Morgan fingerprint density at radius 2 is 1.77 bits per heavy atom. The van der Waals surface area contributed by atoms with E-state index in [2.05, 4.69) is 23.1 Å². The van der Waals surface area contributed by atoms with E-state index in [1.807, 2.05) is 33.3 Å². The minimum Gasteiger partial charge on any atom is -0.482 e. The van der Waals surface area contributed by atoms with Gasteiger partial charge in [-0.1, -0.05) is 6.92 Å². The molecule has 0 N–H and O–H groups in total. The summed E-state index contributed by atoms with van der Waals surface area (Å²) in [5.41, 5.74) is -1.13. The number of amides is 1. The summed E-state index contributed by atoms with van der Waals surface area (Å²) >= 11 is 0. The van der Waals surface area contributed by atoms with Crippen molar-refractivity contribution in [1.29, 1.82) is 0 Å². The van der Waals surface area contributed by atoms with E-state index < -0.39 is 17.2 Å². The second kappa shape index (κ2) is 11.0. The maximum Gasteiger partial charge on any atom is 0.410 e. The summed E-state index contributed by atoms with van der Waals surface area (Å²) in [7, 11) is 0. The Kier molecular flexibility index (Phi) is 9.39. The molecule has 170 valence electrons. The van der Waals surface area contributed by atoms with Gasteiger partial charge in [-0.25, -0.2) is 14.6 Å². The molecule has 0 saturated carbocycles. The van der Waals surface area contributed by atoms with Crippen LogP contribution in [0.5, 0.6) is 0 Å². The Balaban J connectivity index is 0.000000467. The van der Waals surface area contributed by atoms with Crippen LogP contribution in [-0.2, 0) is 25.5 Å². The van der Waals surface area contributed by atoms with Gasteiger partial charge in [-0.3, -0.25) is 0 Å². The Morgan fingerprint density at radius 1 is 1.13 bits per heavy atom. The van der Waals surface area contributed by atoms with Crippen LogP contribution in [0.25, 0.3) is 0 Å². The number of carbonyl (C=O) groups excluding carboxylic acids is 2. The number of hydrogen-bond donors (Lipinski definition) is 0. The monoisotopic (exact) mass is 423 g/mol. The molecule has 0 aromatic carbocycles. The molecule has 0 spiro atoms. The van der Waals surface area contributed by atoms with Crippen molar-refractivity contribution >= 4 is 12.1 Å². The lowest BCUT2D eigenvalue weighted by Crippen LogP contribution is -2.36. The predicted octanol–water partition coefficient (Wildman–Crippen LogP) is 4.16. The van der Waals surface area contributed by atoms with Crippen LogP contribution in [0.2, 0.25) is 0 Å². The summed E-state index contributed by atoms with van der Waals surface area (Å²) in [6.07, 6.45) is 6.77. The van der Waals surface area contributed by atoms with Gasteiger partial charge in [0, 0.05) is 31.9 Å². The summed E-state index contributed by atoms with van der Waals surface area (Å²) in [6.45, 7) is 18.5. The van der Waals surface area contributed by atoms with Gasteiger partial charge in [0.25, 0.3) is 0 Å². The average molecular weight is 424 g/mol. The number of hydrogen-bond acceptors (Lipinski definition) is 6. The quantitative estimate of drug-likeness (QED) is 0.402. The highest BCUT2D eigenvalue weighted by Crippen LogP contribution is 2.20. The number of imidazole rings is 1. The van der Waals surface area contributed by atoms with Gasteiger partial charge in [0.2, 0.25) is 0 Å². The van der Waals surface area contributed by atoms with E-state index in [4.69, 9.17) is 14.2 Å². The van der Waals surface area contributed by atoms with Crippen molar-refractivity contribution < 1.29 is 23.8 Å². The molecule has 1 aliphatic rings. The Labute approximate surface area is 180 Å². The van der Waals surface area contributed by atoms with Gasteiger partial charge in [0.1, 0.15) is 17.3 Å². The first-order valence-corrected chi connectivity index (χ1v) is 10.3. The van der Waals surface area contributed by atoms with E-state index in [-0.39, 0.29) is 18.0 Å². The van der Waals surface area contributed by atoms with E-state index in [0.29, 0.717) is 19.5 Å². The number of ether oxygens (including phenoxy) is 3. The van der Waals surface area contributed by atoms with Gasteiger partial charge in [-0.2, -0.15) is 0 Å². The van der Waals surface area contributed by atoms with Crippen LogP contribution in [-0.4, -0.2) is 56.9 Å². The van der Waals surface area contributed by atoms with Crippen LogP contribution < -0.4 is 0 Å². The Morgan fingerprint density at radius 3 is 2.27 bits per heavy atom. The number of carbonyl (C=O) groups is 2. The Hall–Kier alpha value is -2.51. The SMILES string of the molecule is C=C(OC1CCN(C(=O)OC(C)(C)C)C1)C(=O)OC(C)(C)C.CCCn1ccnc1. The number of aromatic nitrogens is 2. The molecule has 1 amide bonds. The first-order chi connectivity index (χ1) is 13.8. The first-order valence-electron chi connectivity index (χ1n) is 10.3. The number of aryl methyl sites for hydroxylation is 1. The van der Waals surface area contributed by atoms with Crippen LogP contribution >= 0.6 is 0 Å². The van der Waals surface area contributed by atoms with E-state index in [9.17, 15) is 9.59 Å². The maximum absolute atomic E-state index is 11.9. The van der Waals surface area contributed by atoms with Crippen molar-refractivity contribution in [3.05, 3.63) is 31.1 Å². The van der Waals surface area contributed by atoms with Crippen molar-refractivity contribution in [2.75, 3.05) is 13.1 Å². The number of likely N-dealkylation sites (tertiary alicyclic amines) is 1. The van der Waals surface area contributed by atoms with Gasteiger partial charge in [-0.15, -0.1) is 0 Å². The normalized spacial score (nSPS) is 16.4. The molecule has 1 aliphatic heterocycles. The van der Waals surface area contributed by atoms with Crippen molar-refractivity contribution in [2.24, 2.45) is 0 Å². The summed E-state index contributed by atoms with van der Waals surface area (Å²) in [4.78, 5) is 29.2. The van der Waals surface area contributed by atoms with Gasteiger partial charge in [0.05, 0.1) is 12.9 Å². The van der Waals surface area contributed by atoms with Crippen molar-refractivity contribution in [1.82, 2.24) is 14.5 Å². The van der Waals surface area contributed by atoms with Crippen LogP contribution in [0.15, 0.2) is 31.1 Å². The molecule has 1 unspecified atom stereocenters. The molecular formula is C22H37N3O5. The second-order valence-electron chi connectivity index (χ2n) is 9.18. The fourth-order valence-corrected chi connectivity index (χ4v) is 2.58. The number of rotatable bonds is 5. The fourth-order valence-electron chi connectivity index (χ4n) is 2.58. The highest BCUT2D eigenvalue weighted by molar-refractivity contribution is 5.85. The third-order valence-electron chi connectivity index (χ3n) is 3.77. The van der Waals surface area contributed by atoms with E-state index in [1.165, 1.54) is 6.42 Å². The predicted molar refractivity (Wildman–Crippen MR) is 115 cm³/mol. The maximum atomic E-state index is 11.9. The van der Waals surface area contributed by atoms with Crippen molar-refractivity contribution in [3.8, 4) is 0 Å². The lowest BCUT2D eigenvalue weighted by atomic mass is 10.2. The fraction of sp³-hybridized carbons (Fsp3) is 0.682. The zero-order valence-electron chi connectivity index (χ0n) is 19.4. The van der Waals surface area contributed by atoms with E-state index >= 15 is 0 Å². The van der Waals surface area contributed by atoms with E-state index in [1.54, 1.807) is 31.9 Å². The molecule has 0 bridgehead atoms. The molecular weight excluding hydrogens is 386 g/mol. The first kappa shape index (κ1) is 25.5. The molecule has 1 saturated heterocycles. The highest BCUT2D eigenvalue weighted by atomic mass is 16.6. The molecule has 1 aromatic rings. The second-order valence-corrected chi connectivity index (χ2v) is 9.18. The van der Waals surface area contributed by atoms with Gasteiger partial charge in [0.15, 0.2) is 5.76 Å². The largest absolute Gasteiger partial charge is 0.482 e. The standard InChI is InChI=1S/C16H27NO5.C6H10N2/c1-11(13(18)21-15(2,3)4)20-12-8-9-17(10-12)14(19)22-16(5,6)7;1-2-4-8-5-3-7-6-8/h12H,1,8-10H2,2-7H3;3,5-6H,2,4H2,1H3. The van der Waals surface area contributed by atoms with Crippen molar-refractivity contribution in [3.63, 3.8) is 0 Å². The van der Waals surface area contributed by atoms with Crippen molar-refractivity contribution in [2.45, 2.75) is 85.2 Å². The van der Waals surface area contributed by atoms with Gasteiger partial charge >= 0.3 is 12.1 Å². The lowest BCUT2D eigenvalue weighted by molar-refractivity contribution is -0.155. The molecule has 2 heterocycles. The molecule has 1 fully saturated rings. The van der Waals surface area contributed by atoms with Crippen LogP contribution in [0.4, 0.5) is 4.79 Å². The molecule has 30 heavy (non-hydrogen) atoms. The van der Waals surface area contributed by atoms with Crippen LogP contribution in [0.1, 0.15) is 61.3 Å². The summed E-state index contributed by atoms with van der Waals surface area (Å²) in [5, 5.41) is 0.